The second-order valence-electron chi connectivity index (χ2n) is 6.25. The van der Waals surface area contributed by atoms with Crippen LogP contribution < -0.4 is 14.8 Å². The molecule has 0 fully saturated rings. The zero-order valence-corrected chi connectivity index (χ0v) is 16.7. The van der Waals surface area contributed by atoms with Gasteiger partial charge in [0.1, 0.15) is 5.75 Å². The number of carbonyl (C=O) groups excluding carboxylic acids is 1. The molecular weight excluding hydrogens is 364 g/mol. The van der Waals surface area contributed by atoms with Crippen LogP contribution in [0.2, 0.25) is 0 Å². The third kappa shape index (κ3) is 5.86. The number of rotatable bonds is 7. The van der Waals surface area contributed by atoms with E-state index in [9.17, 15) is 13.2 Å². The maximum atomic E-state index is 12.8. The average Bonchev–Trinajstić information content (AvgIpc) is 2.57. The monoisotopic (exact) mass is 388 g/mol. The lowest BCUT2D eigenvalue weighted by Gasteiger charge is -2.13. The minimum Gasteiger partial charge on any atom is -0.494 e. The molecule has 0 aliphatic carbocycles. The van der Waals surface area contributed by atoms with Crippen LogP contribution in [0.1, 0.15) is 26.3 Å². The highest BCUT2D eigenvalue weighted by atomic mass is 32.2. The molecule has 2 aromatic carbocycles. The fourth-order valence-electron chi connectivity index (χ4n) is 2.40. The topological polar surface area (TPSA) is 84.5 Å². The summed E-state index contributed by atoms with van der Waals surface area (Å²) in [6.07, 6.45) is 1.45. The molecule has 0 spiro atoms. The predicted molar refractivity (Wildman–Crippen MR) is 108 cm³/mol. The summed E-state index contributed by atoms with van der Waals surface area (Å²) in [5, 5.41) is 2.67. The third-order valence-corrected chi connectivity index (χ3v) is 5.11. The van der Waals surface area contributed by atoms with Gasteiger partial charge in [0.25, 0.3) is 10.0 Å². The fraction of sp³-hybridized carbons (Fsp3) is 0.250. The predicted octanol–water partition coefficient (Wildman–Crippen LogP) is 4.10. The molecule has 27 heavy (non-hydrogen) atoms. The zero-order valence-electron chi connectivity index (χ0n) is 15.9. The molecule has 0 aliphatic rings. The Morgan fingerprint density at radius 3 is 2.30 bits per heavy atom. The lowest BCUT2D eigenvalue weighted by atomic mass is 10.2. The van der Waals surface area contributed by atoms with Gasteiger partial charge in [-0.05, 0) is 69.7 Å². The van der Waals surface area contributed by atoms with E-state index in [-0.39, 0.29) is 10.8 Å². The van der Waals surface area contributed by atoms with Crippen LogP contribution in [-0.4, -0.2) is 20.9 Å². The third-order valence-electron chi connectivity index (χ3n) is 3.58. The summed E-state index contributed by atoms with van der Waals surface area (Å²) in [5.41, 5.74) is 2.27. The lowest BCUT2D eigenvalue weighted by Crippen LogP contribution is -2.15. The highest BCUT2D eigenvalue weighted by Crippen LogP contribution is 2.24. The Hall–Kier alpha value is -2.80. The Morgan fingerprint density at radius 2 is 1.70 bits per heavy atom. The van der Waals surface area contributed by atoms with Gasteiger partial charge < -0.3 is 10.1 Å². The van der Waals surface area contributed by atoms with Gasteiger partial charge in [-0.25, -0.2) is 8.42 Å². The Kier molecular flexibility index (Phi) is 6.63. The Balaban J connectivity index is 2.25. The van der Waals surface area contributed by atoms with Crippen molar-refractivity contribution >= 4 is 27.3 Å². The van der Waals surface area contributed by atoms with Crippen molar-refractivity contribution in [1.29, 1.82) is 0 Å². The molecule has 0 radical (unpaired) electrons. The van der Waals surface area contributed by atoms with Gasteiger partial charge in [0.15, 0.2) is 0 Å². The molecule has 0 unspecified atom stereocenters. The van der Waals surface area contributed by atoms with Crippen LogP contribution in [0.4, 0.5) is 11.4 Å². The number of allylic oxidation sites excluding steroid dienone is 1. The van der Waals surface area contributed by atoms with Gasteiger partial charge in [-0.15, -0.1) is 0 Å². The number of anilines is 2. The number of aryl methyl sites for hydroxylation is 1. The molecular formula is C20H24N2O4S. The van der Waals surface area contributed by atoms with E-state index in [1.807, 2.05) is 20.8 Å². The van der Waals surface area contributed by atoms with E-state index < -0.39 is 10.0 Å². The van der Waals surface area contributed by atoms with E-state index in [4.69, 9.17) is 4.74 Å². The van der Waals surface area contributed by atoms with E-state index in [0.717, 1.165) is 5.57 Å². The maximum Gasteiger partial charge on any atom is 0.262 e. The largest absolute Gasteiger partial charge is 0.494 e. The molecule has 0 atom stereocenters. The molecule has 2 aromatic rings. The van der Waals surface area contributed by atoms with E-state index in [0.29, 0.717) is 29.3 Å². The van der Waals surface area contributed by atoms with Crippen molar-refractivity contribution in [2.45, 2.75) is 32.6 Å². The molecule has 0 aromatic heterocycles. The quantitative estimate of drug-likeness (QED) is 0.700. The molecule has 7 heteroatoms. The van der Waals surface area contributed by atoms with Gasteiger partial charge in [0, 0.05) is 17.5 Å². The van der Waals surface area contributed by atoms with Crippen LogP contribution in [-0.2, 0) is 14.8 Å². The minimum atomic E-state index is -3.81. The Labute approximate surface area is 160 Å². The van der Waals surface area contributed by atoms with Gasteiger partial charge in [0.05, 0.1) is 11.5 Å². The number of carbonyl (C=O) groups is 1. The van der Waals surface area contributed by atoms with Crippen LogP contribution in [0, 0.1) is 6.92 Å². The summed E-state index contributed by atoms with van der Waals surface area (Å²) in [6.45, 7) is 7.74. The molecule has 6 nitrogen and oxygen atoms in total. The number of hydrogen-bond donors (Lipinski definition) is 2. The van der Waals surface area contributed by atoms with Gasteiger partial charge in [-0.1, -0.05) is 11.6 Å². The molecule has 0 bridgehead atoms. The molecule has 0 saturated heterocycles. The van der Waals surface area contributed by atoms with Crippen molar-refractivity contribution in [2.24, 2.45) is 0 Å². The fourth-order valence-corrected chi connectivity index (χ4v) is 3.73. The smallest absolute Gasteiger partial charge is 0.262 e. The number of amides is 1. The van der Waals surface area contributed by atoms with Crippen molar-refractivity contribution in [3.05, 3.63) is 59.7 Å². The summed E-state index contributed by atoms with van der Waals surface area (Å²) in [6, 6.07) is 11.4. The van der Waals surface area contributed by atoms with Gasteiger partial charge >= 0.3 is 0 Å². The summed E-state index contributed by atoms with van der Waals surface area (Å²) in [4.78, 5) is 12.0. The average molecular weight is 388 g/mol. The number of hydrogen-bond acceptors (Lipinski definition) is 4. The Bertz CT molecular complexity index is 944. The number of nitrogens with one attached hydrogen (secondary N) is 2. The van der Waals surface area contributed by atoms with E-state index in [1.54, 1.807) is 43.3 Å². The van der Waals surface area contributed by atoms with Crippen LogP contribution in [0.3, 0.4) is 0 Å². The zero-order chi connectivity index (χ0) is 20.0. The second-order valence-corrected chi connectivity index (χ2v) is 7.90. The molecule has 144 valence electrons. The van der Waals surface area contributed by atoms with Crippen LogP contribution in [0.5, 0.6) is 5.75 Å². The van der Waals surface area contributed by atoms with Crippen molar-refractivity contribution in [3.63, 3.8) is 0 Å². The first-order valence-electron chi connectivity index (χ1n) is 8.53. The van der Waals surface area contributed by atoms with Gasteiger partial charge in [0.2, 0.25) is 5.91 Å². The van der Waals surface area contributed by atoms with E-state index in [1.165, 1.54) is 12.1 Å². The van der Waals surface area contributed by atoms with Crippen molar-refractivity contribution in [2.75, 3.05) is 16.6 Å². The van der Waals surface area contributed by atoms with Crippen LogP contribution in [0.15, 0.2) is 59.0 Å². The molecule has 0 saturated carbocycles. The first-order valence-corrected chi connectivity index (χ1v) is 10.0. The second kappa shape index (κ2) is 8.73. The molecule has 0 aliphatic heterocycles. The summed E-state index contributed by atoms with van der Waals surface area (Å²) < 4.78 is 33.5. The van der Waals surface area contributed by atoms with Crippen molar-refractivity contribution in [3.8, 4) is 5.75 Å². The highest BCUT2D eigenvalue weighted by molar-refractivity contribution is 7.92. The maximum absolute atomic E-state index is 12.8. The molecule has 2 rings (SSSR count). The minimum absolute atomic E-state index is 0.103. The Morgan fingerprint density at radius 1 is 1.07 bits per heavy atom. The summed E-state index contributed by atoms with van der Waals surface area (Å²) in [5.74, 6) is 0.363. The van der Waals surface area contributed by atoms with Crippen molar-refractivity contribution in [1.82, 2.24) is 0 Å². The summed E-state index contributed by atoms with van der Waals surface area (Å²) >= 11 is 0. The van der Waals surface area contributed by atoms with E-state index in [2.05, 4.69) is 10.0 Å². The standard InChI is InChI=1S/C20H24N2O4S/c1-5-26-18-10-8-16(9-11-18)22-27(24,25)19-13-17(7-6-15(19)4)21-20(23)12-14(2)3/h6-13,22H,5H2,1-4H3,(H,21,23). The van der Waals surface area contributed by atoms with E-state index >= 15 is 0 Å². The molecule has 0 heterocycles. The number of ether oxygens (including phenoxy) is 1. The van der Waals surface area contributed by atoms with Gasteiger partial charge in [-0.2, -0.15) is 0 Å². The SMILES string of the molecule is CCOc1ccc(NS(=O)(=O)c2cc(NC(=O)C=C(C)C)ccc2C)cc1. The van der Waals surface area contributed by atoms with Crippen LogP contribution in [0.25, 0.3) is 0 Å². The molecule has 1 amide bonds. The van der Waals surface area contributed by atoms with Crippen molar-refractivity contribution < 1.29 is 17.9 Å². The first kappa shape index (κ1) is 20.5. The summed E-state index contributed by atoms with van der Waals surface area (Å²) in [7, 11) is -3.81. The normalized spacial score (nSPS) is 10.8. The highest BCUT2D eigenvalue weighted by Gasteiger charge is 2.18. The number of sulfonamides is 1. The number of benzene rings is 2. The first-order chi connectivity index (χ1) is 12.7. The molecule has 2 N–H and O–H groups in total. The van der Waals surface area contributed by atoms with Crippen LogP contribution >= 0.6 is 0 Å². The lowest BCUT2D eigenvalue weighted by molar-refractivity contribution is -0.111. The van der Waals surface area contributed by atoms with Gasteiger partial charge in [-0.3, -0.25) is 9.52 Å².